The fourth-order valence-electron chi connectivity index (χ4n) is 8.56. The zero-order valence-electron chi connectivity index (χ0n) is 33.2. The molecule has 0 unspecified atom stereocenters. The number of rotatable bonds is 7. The fourth-order valence-corrected chi connectivity index (χ4v) is 11.2. The summed E-state index contributed by atoms with van der Waals surface area (Å²) in [6.07, 6.45) is 0. The van der Waals surface area contributed by atoms with Crippen LogP contribution in [0.5, 0.6) is 0 Å². The molecule has 0 atom stereocenters. The first-order valence-corrected chi connectivity index (χ1v) is 22.3. The molecule has 62 heavy (non-hydrogen) atoms. The molecule has 0 bridgehead atoms. The molecule has 6 heteroatoms. The van der Waals surface area contributed by atoms with Crippen molar-refractivity contribution in [1.82, 2.24) is 19.9 Å². The molecule has 0 amide bonds. The highest BCUT2D eigenvalue weighted by Gasteiger charge is 2.24. The standard InChI is InChI=1S/C56H34N4S2/c1-4-15-38(16-5-1)50-49-48(53(62-52(49)44-22-10-12-25-46(44)57-50)45-24-14-23-43-42-21-11-13-26-47(42)61-51(43)45)37-31-27-35(28-32-37)36-29-33-41(34-30-36)56-59-54(39-17-6-2-7-18-39)58-55(60-56)40-19-8-3-9-20-40/h1-34H. The summed E-state index contributed by atoms with van der Waals surface area (Å²) in [5, 5.41) is 4.95. The van der Waals surface area contributed by atoms with Crippen LogP contribution in [-0.4, -0.2) is 19.9 Å². The summed E-state index contributed by atoms with van der Waals surface area (Å²) >= 11 is 3.76. The summed E-state index contributed by atoms with van der Waals surface area (Å²) in [7, 11) is 0. The number of para-hydroxylation sites is 1. The van der Waals surface area contributed by atoms with Gasteiger partial charge in [-0.3, -0.25) is 0 Å². The second-order valence-corrected chi connectivity index (χ2v) is 17.4. The maximum Gasteiger partial charge on any atom is 0.164 e. The molecule has 290 valence electrons. The van der Waals surface area contributed by atoms with Gasteiger partial charge in [0.05, 0.1) is 11.2 Å². The van der Waals surface area contributed by atoms with Crippen LogP contribution in [0.15, 0.2) is 206 Å². The Morgan fingerprint density at radius 3 is 1.42 bits per heavy atom. The molecular formula is C56H34N4S2. The highest BCUT2D eigenvalue weighted by Crippen LogP contribution is 2.52. The van der Waals surface area contributed by atoms with E-state index in [1.54, 1.807) is 0 Å². The lowest BCUT2D eigenvalue weighted by Crippen LogP contribution is -2.00. The Hall–Kier alpha value is -7.64. The second kappa shape index (κ2) is 15.1. The minimum absolute atomic E-state index is 0.639. The number of thiophene rings is 2. The van der Waals surface area contributed by atoms with Crippen molar-refractivity contribution in [3.05, 3.63) is 206 Å². The SMILES string of the molecule is c1ccc(-c2nc(-c3ccccc3)nc(-c3ccc(-c4ccc(-c5c(-c6cccc7c6sc6ccccc67)sc6c5c(-c5ccccc5)nc5ccccc56)cc4)cc3)n2)cc1. The molecule has 4 aromatic heterocycles. The van der Waals surface area contributed by atoms with Crippen molar-refractivity contribution in [2.75, 3.05) is 0 Å². The van der Waals surface area contributed by atoms with Gasteiger partial charge < -0.3 is 0 Å². The van der Waals surface area contributed by atoms with Gasteiger partial charge in [-0.15, -0.1) is 22.7 Å². The van der Waals surface area contributed by atoms with Crippen molar-refractivity contribution in [3.8, 4) is 78.1 Å². The van der Waals surface area contributed by atoms with Gasteiger partial charge in [-0.25, -0.2) is 19.9 Å². The Morgan fingerprint density at radius 2 is 0.790 bits per heavy atom. The molecule has 0 aliphatic rings. The zero-order chi connectivity index (χ0) is 41.0. The van der Waals surface area contributed by atoms with Crippen LogP contribution >= 0.6 is 22.7 Å². The van der Waals surface area contributed by atoms with E-state index in [9.17, 15) is 0 Å². The number of nitrogens with zero attached hydrogens (tertiary/aromatic N) is 4. The van der Waals surface area contributed by atoms with Gasteiger partial charge in [0.2, 0.25) is 0 Å². The minimum atomic E-state index is 0.639. The van der Waals surface area contributed by atoms with E-state index in [1.807, 2.05) is 83.3 Å². The average Bonchev–Trinajstić information content (AvgIpc) is 3.95. The Kier molecular flexibility index (Phi) is 8.84. The number of aromatic nitrogens is 4. The Balaban J connectivity index is 0.998. The van der Waals surface area contributed by atoms with Crippen LogP contribution < -0.4 is 0 Å². The highest BCUT2D eigenvalue weighted by atomic mass is 32.1. The van der Waals surface area contributed by atoms with Crippen LogP contribution in [0, 0.1) is 0 Å². The summed E-state index contributed by atoms with van der Waals surface area (Å²) in [6.45, 7) is 0. The maximum atomic E-state index is 5.40. The third kappa shape index (κ3) is 6.28. The van der Waals surface area contributed by atoms with E-state index in [-0.39, 0.29) is 0 Å². The molecule has 0 aliphatic carbocycles. The maximum absolute atomic E-state index is 5.40. The van der Waals surface area contributed by atoms with Gasteiger partial charge >= 0.3 is 0 Å². The summed E-state index contributed by atoms with van der Waals surface area (Å²) < 4.78 is 3.86. The van der Waals surface area contributed by atoms with Crippen molar-refractivity contribution in [2.45, 2.75) is 0 Å². The van der Waals surface area contributed by atoms with Gasteiger partial charge in [0.15, 0.2) is 17.5 Å². The molecule has 8 aromatic carbocycles. The predicted molar refractivity (Wildman–Crippen MR) is 261 cm³/mol. The lowest BCUT2D eigenvalue weighted by Gasteiger charge is -2.12. The normalized spacial score (nSPS) is 11.5. The van der Waals surface area contributed by atoms with E-state index in [0.29, 0.717) is 17.5 Å². The van der Waals surface area contributed by atoms with Crippen LogP contribution in [0.4, 0.5) is 0 Å². The van der Waals surface area contributed by atoms with Crippen LogP contribution in [0.3, 0.4) is 0 Å². The first-order valence-electron chi connectivity index (χ1n) is 20.6. The van der Waals surface area contributed by atoms with Crippen molar-refractivity contribution < 1.29 is 0 Å². The Morgan fingerprint density at radius 1 is 0.306 bits per heavy atom. The predicted octanol–water partition coefficient (Wildman–Crippen LogP) is 15.7. The summed E-state index contributed by atoms with van der Waals surface area (Å²) in [5.41, 5.74) is 11.8. The Labute approximate surface area is 366 Å². The number of pyridine rings is 1. The summed E-state index contributed by atoms with van der Waals surface area (Å²) in [6, 6.07) is 72.6. The van der Waals surface area contributed by atoms with E-state index in [1.165, 1.54) is 51.6 Å². The first-order chi connectivity index (χ1) is 30.7. The molecule has 12 rings (SSSR count). The van der Waals surface area contributed by atoms with Gasteiger partial charge in [0.1, 0.15) is 0 Å². The summed E-state index contributed by atoms with van der Waals surface area (Å²) in [4.78, 5) is 21.4. The summed E-state index contributed by atoms with van der Waals surface area (Å²) in [5.74, 6) is 1.94. The highest BCUT2D eigenvalue weighted by molar-refractivity contribution is 7.28. The molecule has 0 saturated heterocycles. The van der Waals surface area contributed by atoms with Gasteiger partial charge in [-0.2, -0.15) is 0 Å². The van der Waals surface area contributed by atoms with Crippen molar-refractivity contribution >= 4 is 63.8 Å². The van der Waals surface area contributed by atoms with Gasteiger partial charge in [0.25, 0.3) is 0 Å². The lowest BCUT2D eigenvalue weighted by atomic mass is 9.93. The molecule has 12 aromatic rings. The van der Waals surface area contributed by atoms with Crippen LogP contribution in [0.25, 0.3) is 119 Å². The molecule has 0 spiro atoms. The fraction of sp³-hybridized carbons (Fsp3) is 0. The molecule has 4 heterocycles. The molecule has 0 saturated carbocycles. The largest absolute Gasteiger partial charge is 0.247 e. The van der Waals surface area contributed by atoms with Crippen molar-refractivity contribution in [3.63, 3.8) is 0 Å². The van der Waals surface area contributed by atoms with E-state index >= 15 is 0 Å². The average molecular weight is 827 g/mol. The zero-order valence-corrected chi connectivity index (χ0v) is 34.9. The Bertz CT molecular complexity index is 3540. The molecule has 0 fully saturated rings. The third-order valence-electron chi connectivity index (χ3n) is 11.6. The van der Waals surface area contributed by atoms with Crippen molar-refractivity contribution in [1.29, 1.82) is 0 Å². The van der Waals surface area contributed by atoms with Crippen molar-refractivity contribution in [2.24, 2.45) is 0 Å². The van der Waals surface area contributed by atoms with Gasteiger partial charge in [0, 0.05) is 73.9 Å². The lowest BCUT2D eigenvalue weighted by molar-refractivity contribution is 1.07. The molecule has 0 aliphatic heterocycles. The number of hydrogen-bond donors (Lipinski definition) is 0. The van der Waals surface area contributed by atoms with Gasteiger partial charge in [-0.05, 0) is 28.8 Å². The van der Waals surface area contributed by atoms with E-state index in [0.717, 1.165) is 50.2 Å². The van der Waals surface area contributed by atoms with Crippen LogP contribution in [-0.2, 0) is 0 Å². The van der Waals surface area contributed by atoms with E-state index in [2.05, 4.69) is 146 Å². The number of fused-ring (bicyclic) bond motifs is 6. The smallest absolute Gasteiger partial charge is 0.164 e. The monoisotopic (exact) mass is 826 g/mol. The van der Waals surface area contributed by atoms with Crippen LogP contribution in [0.2, 0.25) is 0 Å². The molecular weight excluding hydrogens is 793 g/mol. The topological polar surface area (TPSA) is 51.6 Å². The third-order valence-corrected chi connectivity index (χ3v) is 14.0. The quantitative estimate of drug-likeness (QED) is 0.161. The molecule has 0 N–H and O–H groups in total. The van der Waals surface area contributed by atoms with E-state index < -0.39 is 0 Å². The first kappa shape index (κ1) is 36.2. The minimum Gasteiger partial charge on any atom is -0.247 e. The van der Waals surface area contributed by atoms with Crippen LogP contribution in [0.1, 0.15) is 0 Å². The number of hydrogen-bond acceptors (Lipinski definition) is 6. The molecule has 0 radical (unpaired) electrons. The van der Waals surface area contributed by atoms with Gasteiger partial charge in [-0.1, -0.05) is 194 Å². The molecule has 4 nitrogen and oxygen atoms in total. The van der Waals surface area contributed by atoms with E-state index in [4.69, 9.17) is 19.9 Å². The number of benzene rings is 8. The second-order valence-electron chi connectivity index (χ2n) is 15.3.